The van der Waals surface area contributed by atoms with E-state index in [-0.39, 0.29) is 5.69 Å². The topological polar surface area (TPSA) is 58.4 Å². The molecule has 0 aliphatic carbocycles. The van der Waals surface area contributed by atoms with Gasteiger partial charge in [-0.1, -0.05) is 30.7 Å². The molecule has 1 N–H and O–H groups in total. The molecule has 2 heterocycles. The first-order chi connectivity index (χ1) is 11.1. The highest BCUT2D eigenvalue weighted by Crippen LogP contribution is 2.28. The van der Waals surface area contributed by atoms with Gasteiger partial charge in [-0.25, -0.2) is 4.79 Å². The van der Waals surface area contributed by atoms with Gasteiger partial charge in [0.05, 0.1) is 0 Å². The number of hydrogen-bond acceptors (Lipinski definition) is 3. The molecule has 1 aliphatic rings. The molecule has 5 heteroatoms. The summed E-state index contributed by atoms with van der Waals surface area (Å²) in [5.74, 6) is -0.994. The Hall–Kier alpha value is -2.14. The standard InChI is InChI=1S/C18H23N3O2/c1-13(21-10-4-3-5-11-21)14-6-8-15(9-7-14)16-12-20(2)19-17(16)18(22)23/h6-9,12-13H,3-5,10-11H2,1-2H3,(H,22,23). The Bertz CT molecular complexity index is 685. The summed E-state index contributed by atoms with van der Waals surface area (Å²) in [6.45, 7) is 4.57. The van der Waals surface area contributed by atoms with Crippen LogP contribution >= 0.6 is 0 Å². The molecule has 0 amide bonds. The first kappa shape index (κ1) is 15.7. The highest BCUT2D eigenvalue weighted by molar-refractivity contribution is 5.93. The number of aromatic carboxylic acids is 1. The summed E-state index contributed by atoms with van der Waals surface area (Å²) in [7, 11) is 1.74. The molecule has 1 aromatic carbocycles. The van der Waals surface area contributed by atoms with Crippen LogP contribution in [0, 0.1) is 0 Å². The van der Waals surface area contributed by atoms with Gasteiger partial charge in [0.1, 0.15) is 0 Å². The second-order valence-corrected chi connectivity index (χ2v) is 6.26. The monoisotopic (exact) mass is 313 g/mol. The average Bonchev–Trinajstić information content (AvgIpc) is 2.97. The minimum absolute atomic E-state index is 0.101. The van der Waals surface area contributed by atoms with Gasteiger partial charge in [0.25, 0.3) is 0 Å². The maximum Gasteiger partial charge on any atom is 0.357 e. The smallest absolute Gasteiger partial charge is 0.357 e. The number of carboxylic acids is 1. The predicted molar refractivity (Wildman–Crippen MR) is 89.4 cm³/mol. The maximum absolute atomic E-state index is 11.3. The zero-order valence-corrected chi connectivity index (χ0v) is 13.7. The minimum Gasteiger partial charge on any atom is -0.476 e. The number of aromatic nitrogens is 2. The molecule has 5 nitrogen and oxygen atoms in total. The summed E-state index contributed by atoms with van der Waals surface area (Å²) in [5.41, 5.74) is 2.93. The van der Waals surface area contributed by atoms with Crippen LogP contribution in [0.2, 0.25) is 0 Å². The van der Waals surface area contributed by atoms with Crippen LogP contribution in [0.25, 0.3) is 11.1 Å². The van der Waals surface area contributed by atoms with E-state index in [9.17, 15) is 9.90 Å². The van der Waals surface area contributed by atoms with Gasteiger partial charge in [0.2, 0.25) is 0 Å². The van der Waals surface area contributed by atoms with Crippen molar-refractivity contribution in [2.24, 2.45) is 7.05 Å². The fraction of sp³-hybridized carbons (Fsp3) is 0.444. The Morgan fingerprint density at radius 3 is 2.43 bits per heavy atom. The first-order valence-corrected chi connectivity index (χ1v) is 8.17. The van der Waals surface area contributed by atoms with Crippen molar-refractivity contribution in [3.63, 3.8) is 0 Å². The molecule has 2 aromatic rings. The van der Waals surface area contributed by atoms with Gasteiger partial charge in [0.15, 0.2) is 5.69 Å². The first-order valence-electron chi connectivity index (χ1n) is 8.17. The molecule has 122 valence electrons. The molecule has 1 saturated heterocycles. The van der Waals surface area contributed by atoms with E-state index in [1.807, 2.05) is 12.1 Å². The normalized spacial score (nSPS) is 17.1. The molecule has 0 saturated carbocycles. The van der Waals surface area contributed by atoms with Gasteiger partial charge < -0.3 is 5.11 Å². The van der Waals surface area contributed by atoms with E-state index in [1.165, 1.54) is 24.8 Å². The lowest BCUT2D eigenvalue weighted by Gasteiger charge is -2.32. The molecule has 23 heavy (non-hydrogen) atoms. The number of carbonyl (C=O) groups is 1. The van der Waals surface area contributed by atoms with Crippen molar-refractivity contribution in [3.05, 3.63) is 41.7 Å². The largest absolute Gasteiger partial charge is 0.476 e. The van der Waals surface area contributed by atoms with Crippen LogP contribution in [0.1, 0.15) is 48.3 Å². The molecule has 1 aromatic heterocycles. The molecule has 1 unspecified atom stereocenters. The summed E-state index contributed by atoms with van der Waals surface area (Å²) >= 11 is 0. The quantitative estimate of drug-likeness (QED) is 0.940. The summed E-state index contributed by atoms with van der Waals surface area (Å²) in [5, 5.41) is 13.3. The van der Waals surface area contributed by atoms with E-state index < -0.39 is 5.97 Å². The average molecular weight is 313 g/mol. The number of carboxylic acid groups (broad SMARTS) is 1. The molecular formula is C18H23N3O2. The Morgan fingerprint density at radius 1 is 1.17 bits per heavy atom. The lowest BCUT2D eigenvalue weighted by atomic mass is 9.99. The predicted octanol–water partition coefficient (Wildman–Crippen LogP) is 3.33. The van der Waals surface area contributed by atoms with Gasteiger partial charge >= 0.3 is 5.97 Å². The van der Waals surface area contributed by atoms with E-state index in [0.717, 1.165) is 18.7 Å². The van der Waals surface area contributed by atoms with Crippen molar-refractivity contribution in [2.45, 2.75) is 32.2 Å². The van der Waals surface area contributed by atoms with E-state index in [2.05, 4.69) is 29.1 Å². The Kier molecular flexibility index (Phi) is 4.48. The van der Waals surface area contributed by atoms with E-state index in [1.54, 1.807) is 17.9 Å². The van der Waals surface area contributed by atoms with Gasteiger partial charge in [-0.3, -0.25) is 9.58 Å². The van der Waals surface area contributed by atoms with Crippen molar-refractivity contribution < 1.29 is 9.90 Å². The van der Waals surface area contributed by atoms with Crippen molar-refractivity contribution in [3.8, 4) is 11.1 Å². The third kappa shape index (κ3) is 3.29. The van der Waals surface area contributed by atoms with E-state index in [4.69, 9.17) is 0 Å². The molecule has 1 atom stereocenters. The number of likely N-dealkylation sites (tertiary alicyclic amines) is 1. The van der Waals surface area contributed by atoms with Crippen molar-refractivity contribution in [1.82, 2.24) is 14.7 Å². The third-order valence-corrected chi connectivity index (χ3v) is 4.67. The minimum atomic E-state index is -0.994. The number of rotatable bonds is 4. The van der Waals surface area contributed by atoms with Crippen LogP contribution in [0.5, 0.6) is 0 Å². The fourth-order valence-corrected chi connectivity index (χ4v) is 3.32. The molecule has 1 aliphatic heterocycles. The van der Waals surface area contributed by atoms with Crippen molar-refractivity contribution >= 4 is 5.97 Å². The molecule has 0 spiro atoms. The maximum atomic E-state index is 11.3. The molecule has 0 bridgehead atoms. The number of benzene rings is 1. The molecular weight excluding hydrogens is 290 g/mol. The van der Waals surface area contributed by atoms with Gasteiger partial charge in [-0.15, -0.1) is 0 Å². The summed E-state index contributed by atoms with van der Waals surface area (Å²) in [4.78, 5) is 13.8. The van der Waals surface area contributed by atoms with Crippen LogP contribution in [0.4, 0.5) is 0 Å². The number of nitrogens with zero attached hydrogens (tertiary/aromatic N) is 3. The lowest BCUT2D eigenvalue weighted by Crippen LogP contribution is -2.32. The van der Waals surface area contributed by atoms with Crippen LogP contribution in [-0.2, 0) is 7.05 Å². The molecule has 1 fully saturated rings. The number of piperidine rings is 1. The van der Waals surface area contributed by atoms with Crippen molar-refractivity contribution in [2.75, 3.05) is 13.1 Å². The summed E-state index contributed by atoms with van der Waals surface area (Å²) in [6.07, 6.45) is 5.65. The van der Waals surface area contributed by atoms with Crippen LogP contribution < -0.4 is 0 Å². The molecule has 3 rings (SSSR count). The van der Waals surface area contributed by atoms with Crippen LogP contribution in [0.3, 0.4) is 0 Å². The number of hydrogen-bond donors (Lipinski definition) is 1. The summed E-state index contributed by atoms with van der Waals surface area (Å²) in [6, 6.07) is 8.61. The number of aryl methyl sites for hydroxylation is 1. The third-order valence-electron chi connectivity index (χ3n) is 4.67. The van der Waals surface area contributed by atoms with Crippen molar-refractivity contribution in [1.29, 1.82) is 0 Å². The van der Waals surface area contributed by atoms with E-state index >= 15 is 0 Å². The zero-order valence-electron chi connectivity index (χ0n) is 13.7. The molecule has 0 radical (unpaired) electrons. The van der Waals surface area contributed by atoms with Gasteiger partial charge in [0, 0.05) is 24.8 Å². The summed E-state index contributed by atoms with van der Waals surface area (Å²) < 4.78 is 1.54. The lowest BCUT2D eigenvalue weighted by molar-refractivity contribution is 0.0690. The van der Waals surface area contributed by atoms with Crippen LogP contribution in [0.15, 0.2) is 30.5 Å². The second-order valence-electron chi connectivity index (χ2n) is 6.26. The van der Waals surface area contributed by atoms with E-state index in [0.29, 0.717) is 11.6 Å². The zero-order chi connectivity index (χ0) is 16.4. The highest BCUT2D eigenvalue weighted by atomic mass is 16.4. The highest BCUT2D eigenvalue weighted by Gasteiger charge is 2.19. The van der Waals surface area contributed by atoms with Gasteiger partial charge in [-0.05, 0) is 44.0 Å². The Labute approximate surface area is 136 Å². The Morgan fingerprint density at radius 2 is 1.83 bits per heavy atom. The Balaban J connectivity index is 1.83. The SMILES string of the molecule is CC(c1ccc(-c2cn(C)nc2C(=O)O)cc1)N1CCCCC1. The second kappa shape index (κ2) is 6.54. The van der Waals surface area contributed by atoms with Crippen LogP contribution in [-0.4, -0.2) is 38.8 Å². The van der Waals surface area contributed by atoms with Gasteiger partial charge in [-0.2, -0.15) is 5.10 Å². The fourth-order valence-electron chi connectivity index (χ4n) is 3.32.